The first-order valence-electron chi connectivity index (χ1n) is 10.2. The van der Waals surface area contributed by atoms with Crippen LogP contribution in [0.15, 0.2) is 11.6 Å². The first-order chi connectivity index (χ1) is 13.4. The molecule has 0 aromatic carbocycles. The molecule has 1 heterocycles. The van der Waals surface area contributed by atoms with Crippen LogP contribution in [0.5, 0.6) is 0 Å². The fourth-order valence-corrected chi connectivity index (χ4v) is 7.43. The summed E-state index contributed by atoms with van der Waals surface area (Å²) < 4.78 is 11.4. The summed E-state index contributed by atoms with van der Waals surface area (Å²) in [5.41, 5.74) is -1.49. The Bertz CT molecular complexity index is 779. The van der Waals surface area contributed by atoms with E-state index in [0.717, 1.165) is 0 Å². The summed E-state index contributed by atoms with van der Waals surface area (Å²) in [6, 6.07) is 0. The van der Waals surface area contributed by atoms with Gasteiger partial charge in [0.15, 0.2) is 0 Å². The Hall–Kier alpha value is -1.48. The average molecular weight is 410 g/mol. The predicted octanol–water partition coefficient (Wildman–Crippen LogP) is -0.229. The summed E-state index contributed by atoms with van der Waals surface area (Å²) in [7, 11) is 0. The van der Waals surface area contributed by atoms with Gasteiger partial charge in [0.25, 0.3) is 0 Å². The minimum Gasteiger partial charge on any atom is -0.458 e. The summed E-state index contributed by atoms with van der Waals surface area (Å²) in [5.74, 6) is -3.73. The van der Waals surface area contributed by atoms with Crippen LogP contribution in [-0.2, 0) is 19.1 Å². The first kappa shape index (κ1) is 20.8. The minimum atomic E-state index is -1.29. The molecule has 4 aliphatic rings. The molecule has 4 N–H and O–H groups in total. The number of hydrogen-bond donors (Lipinski definition) is 4. The maximum absolute atomic E-state index is 12.9. The van der Waals surface area contributed by atoms with E-state index in [0.29, 0.717) is 5.57 Å². The van der Waals surface area contributed by atoms with E-state index >= 15 is 0 Å². The van der Waals surface area contributed by atoms with Crippen LogP contribution in [0.3, 0.4) is 0 Å². The number of fused-ring (bicyclic) bond motifs is 2. The molecule has 0 bridgehead atoms. The summed E-state index contributed by atoms with van der Waals surface area (Å²) in [6.45, 7) is 8.26. The molecule has 8 heteroatoms. The van der Waals surface area contributed by atoms with Crippen LogP contribution >= 0.6 is 0 Å². The Balaban J connectivity index is 2.00. The highest BCUT2D eigenvalue weighted by Crippen LogP contribution is 2.69. The Morgan fingerprint density at radius 2 is 1.72 bits per heavy atom. The topological polar surface area (TPSA) is 134 Å². The van der Waals surface area contributed by atoms with E-state index in [-0.39, 0.29) is 0 Å². The molecule has 0 radical (unpaired) electrons. The molecule has 0 spiro atoms. The lowest BCUT2D eigenvalue weighted by molar-refractivity contribution is -0.280. The molecule has 0 amide bonds. The van der Waals surface area contributed by atoms with Crippen molar-refractivity contribution < 1.29 is 39.5 Å². The van der Waals surface area contributed by atoms with E-state index in [2.05, 4.69) is 0 Å². The van der Waals surface area contributed by atoms with Crippen molar-refractivity contribution in [3.8, 4) is 0 Å². The van der Waals surface area contributed by atoms with E-state index in [1.807, 2.05) is 0 Å². The lowest BCUT2D eigenvalue weighted by Crippen LogP contribution is -2.75. The van der Waals surface area contributed by atoms with Gasteiger partial charge in [0.05, 0.1) is 30.3 Å². The largest absolute Gasteiger partial charge is 0.458 e. The van der Waals surface area contributed by atoms with Gasteiger partial charge in [0, 0.05) is 29.6 Å². The summed E-state index contributed by atoms with van der Waals surface area (Å²) in [6.07, 6.45) is -5.11. The van der Waals surface area contributed by atoms with Crippen molar-refractivity contribution in [3.05, 3.63) is 11.6 Å². The van der Waals surface area contributed by atoms with Crippen LogP contribution in [0.1, 0.15) is 34.6 Å². The fraction of sp³-hybridized carbons (Fsp3) is 0.810. The van der Waals surface area contributed by atoms with Gasteiger partial charge in [-0.05, 0) is 12.8 Å². The molecule has 0 unspecified atom stereocenters. The van der Waals surface area contributed by atoms with Crippen molar-refractivity contribution in [1.82, 2.24) is 0 Å². The smallest absolute Gasteiger partial charge is 0.310 e. The third-order valence-electron chi connectivity index (χ3n) is 8.36. The van der Waals surface area contributed by atoms with Crippen molar-refractivity contribution in [3.63, 3.8) is 0 Å². The second-order valence-corrected chi connectivity index (χ2v) is 9.78. The van der Waals surface area contributed by atoms with Crippen molar-refractivity contribution in [2.75, 3.05) is 0 Å². The van der Waals surface area contributed by atoms with Crippen LogP contribution in [0, 0.1) is 34.5 Å². The van der Waals surface area contributed by atoms with Gasteiger partial charge in [-0.3, -0.25) is 9.59 Å². The summed E-state index contributed by atoms with van der Waals surface area (Å²) >= 11 is 0. The van der Waals surface area contributed by atoms with Crippen LogP contribution < -0.4 is 0 Å². The lowest BCUT2D eigenvalue weighted by atomic mass is 9.39. The van der Waals surface area contributed by atoms with Gasteiger partial charge < -0.3 is 29.9 Å². The Morgan fingerprint density at radius 1 is 1.10 bits per heavy atom. The van der Waals surface area contributed by atoms with E-state index in [4.69, 9.17) is 9.47 Å². The highest BCUT2D eigenvalue weighted by Gasteiger charge is 2.78. The molecule has 29 heavy (non-hydrogen) atoms. The molecule has 162 valence electrons. The number of ether oxygens (including phenoxy) is 2. The zero-order valence-corrected chi connectivity index (χ0v) is 17.3. The highest BCUT2D eigenvalue weighted by atomic mass is 16.6. The molecule has 12 atom stereocenters. The fourth-order valence-electron chi connectivity index (χ4n) is 7.43. The molecule has 0 aromatic heterocycles. The number of esters is 2. The van der Waals surface area contributed by atoms with Gasteiger partial charge in [-0.2, -0.15) is 0 Å². The van der Waals surface area contributed by atoms with E-state index in [1.165, 1.54) is 13.0 Å². The van der Waals surface area contributed by atoms with Crippen molar-refractivity contribution in [2.24, 2.45) is 34.5 Å². The molecule has 1 saturated heterocycles. The van der Waals surface area contributed by atoms with Crippen molar-refractivity contribution in [1.29, 1.82) is 0 Å². The van der Waals surface area contributed by atoms with Crippen molar-refractivity contribution >= 4 is 11.9 Å². The summed E-state index contributed by atoms with van der Waals surface area (Å²) in [4.78, 5) is 24.9. The number of carbonyl (C=O) groups is 2. The maximum atomic E-state index is 12.9. The van der Waals surface area contributed by atoms with Gasteiger partial charge in [-0.25, -0.2) is 0 Å². The van der Waals surface area contributed by atoms with E-state index < -0.39 is 83.1 Å². The quantitative estimate of drug-likeness (QED) is 0.344. The van der Waals surface area contributed by atoms with Crippen molar-refractivity contribution in [2.45, 2.75) is 71.2 Å². The third kappa shape index (κ3) is 2.34. The SMILES string of the molecule is CC(=O)O[C@H]1[C@H]2OC(=O)[C@H]3[C@@H](C)[C@@H](O)[C@H](O)[C@H]([C@@]4(C)[C@H](O)[C@@H](O)C=C(C)[C@@H]14)[C@@]23C. The number of hydrogen-bond acceptors (Lipinski definition) is 8. The van der Waals surface area contributed by atoms with Gasteiger partial charge >= 0.3 is 11.9 Å². The predicted molar refractivity (Wildman–Crippen MR) is 99.1 cm³/mol. The second-order valence-electron chi connectivity index (χ2n) is 9.78. The zero-order valence-electron chi connectivity index (χ0n) is 17.3. The van der Waals surface area contributed by atoms with Gasteiger partial charge in [-0.1, -0.05) is 32.4 Å². The first-order valence-corrected chi connectivity index (χ1v) is 10.2. The number of aliphatic hydroxyl groups is 4. The monoisotopic (exact) mass is 410 g/mol. The standard InChI is InChI=1S/C21H30O8/c1-7-6-10(23)17(26)20(4)11(7)15(28-9(3)22)18-21(5)12(19(27)29-18)8(2)13(24)14(25)16(20)21/h6,8,10-18,23-26H,1-5H3/t8-,10+,11+,12-,13-,14+,15-,16-,17-,18-,20+,21+/m1/s1. The van der Waals surface area contributed by atoms with Crippen LogP contribution in [0.25, 0.3) is 0 Å². The molecule has 4 rings (SSSR count). The van der Waals surface area contributed by atoms with Gasteiger partial charge in [0.1, 0.15) is 12.2 Å². The van der Waals surface area contributed by atoms with E-state index in [1.54, 1.807) is 27.7 Å². The van der Waals surface area contributed by atoms with Gasteiger partial charge in [-0.15, -0.1) is 0 Å². The number of rotatable bonds is 1. The molecule has 3 fully saturated rings. The maximum Gasteiger partial charge on any atom is 0.310 e. The molecule has 2 saturated carbocycles. The second kappa shape index (κ2) is 6.26. The average Bonchev–Trinajstić information content (AvgIpc) is 2.87. The van der Waals surface area contributed by atoms with Crippen LogP contribution in [0.4, 0.5) is 0 Å². The molecule has 0 aromatic rings. The summed E-state index contributed by atoms with van der Waals surface area (Å²) in [5, 5.41) is 43.6. The minimum absolute atomic E-state index is 0.503. The van der Waals surface area contributed by atoms with Crippen LogP contribution in [0.2, 0.25) is 0 Å². The molecule has 1 aliphatic heterocycles. The Kier molecular flexibility index (Phi) is 4.49. The molecule has 8 nitrogen and oxygen atoms in total. The molecular formula is C21H30O8. The van der Waals surface area contributed by atoms with Gasteiger partial charge in [0.2, 0.25) is 0 Å². The lowest BCUT2D eigenvalue weighted by Gasteiger charge is -2.66. The number of carbonyl (C=O) groups excluding carboxylic acids is 2. The zero-order chi connectivity index (χ0) is 21.6. The Morgan fingerprint density at radius 3 is 2.31 bits per heavy atom. The normalized spacial score (nSPS) is 56.0. The third-order valence-corrected chi connectivity index (χ3v) is 8.36. The van der Waals surface area contributed by atoms with E-state index in [9.17, 15) is 30.0 Å². The Labute approximate surface area is 169 Å². The molecular weight excluding hydrogens is 380 g/mol. The van der Waals surface area contributed by atoms with Crippen LogP contribution in [-0.4, -0.2) is 69.0 Å². The molecule has 3 aliphatic carbocycles. The highest BCUT2D eigenvalue weighted by molar-refractivity contribution is 5.78. The number of aliphatic hydroxyl groups excluding tert-OH is 4.